The third-order valence-corrected chi connectivity index (χ3v) is 3.31. The van der Waals surface area contributed by atoms with E-state index in [-0.39, 0.29) is 24.0 Å². The zero-order valence-electron chi connectivity index (χ0n) is 14.8. The summed E-state index contributed by atoms with van der Waals surface area (Å²) in [6.45, 7) is 2.77. The minimum absolute atomic E-state index is 0.0653. The molecule has 2 amide bonds. The highest BCUT2D eigenvalue weighted by atomic mass is 16.5. The van der Waals surface area contributed by atoms with Gasteiger partial charge in [-0.25, -0.2) is 4.79 Å². The fraction of sp³-hybridized carbons (Fsp3) is 0.211. The first-order valence-electron chi connectivity index (χ1n) is 7.87. The number of hydrogen-bond donors (Lipinski definition) is 2. The van der Waals surface area contributed by atoms with Crippen LogP contribution in [0.4, 0.5) is 11.4 Å². The van der Waals surface area contributed by atoms with Crippen molar-refractivity contribution in [3.8, 4) is 5.75 Å². The highest BCUT2D eigenvalue weighted by Gasteiger charge is 2.12. The summed E-state index contributed by atoms with van der Waals surface area (Å²) in [6, 6.07) is 11.7. The van der Waals surface area contributed by atoms with Gasteiger partial charge in [-0.05, 0) is 35.9 Å². The monoisotopic (exact) mass is 356 g/mol. The summed E-state index contributed by atoms with van der Waals surface area (Å²) in [5.74, 6) is -0.493. The number of amides is 2. The summed E-state index contributed by atoms with van der Waals surface area (Å²) >= 11 is 0. The van der Waals surface area contributed by atoms with Crippen LogP contribution in [0.5, 0.6) is 5.75 Å². The van der Waals surface area contributed by atoms with Gasteiger partial charge < -0.3 is 20.1 Å². The fourth-order valence-electron chi connectivity index (χ4n) is 2.29. The summed E-state index contributed by atoms with van der Waals surface area (Å²) < 4.78 is 10.4. The van der Waals surface area contributed by atoms with Gasteiger partial charge in [0.2, 0.25) is 11.8 Å². The number of carbonyl (C=O) groups is 3. The predicted molar refractivity (Wildman–Crippen MR) is 97.2 cm³/mol. The van der Waals surface area contributed by atoms with Crippen LogP contribution < -0.4 is 15.4 Å². The number of carbonyl (C=O) groups excluding carboxylic acids is 3. The number of hydrogen-bond acceptors (Lipinski definition) is 5. The van der Waals surface area contributed by atoms with Crippen molar-refractivity contribution in [1.82, 2.24) is 0 Å². The topological polar surface area (TPSA) is 93.7 Å². The summed E-state index contributed by atoms with van der Waals surface area (Å²) in [4.78, 5) is 34.9. The summed E-state index contributed by atoms with van der Waals surface area (Å²) in [5.41, 5.74) is 1.76. The Labute approximate surface area is 151 Å². The van der Waals surface area contributed by atoms with Crippen LogP contribution in [0.15, 0.2) is 42.5 Å². The average Bonchev–Trinajstić information content (AvgIpc) is 2.58. The van der Waals surface area contributed by atoms with Gasteiger partial charge in [0, 0.05) is 25.2 Å². The molecule has 7 nitrogen and oxygen atoms in total. The second kappa shape index (κ2) is 8.66. The van der Waals surface area contributed by atoms with Gasteiger partial charge in [0.1, 0.15) is 12.4 Å². The summed E-state index contributed by atoms with van der Waals surface area (Å²) in [7, 11) is 1.56. The predicted octanol–water partition coefficient (Wildman–Crippen LogP) is 2.97. The zero-order chi connectivity index (χ0) is 19.1. The highest BCUT2D eigenvalue weighted by Crippen LogP contribution is 2.21. The average molecular weight is 356 g/mol. The SMILES string of the molecule is COc1cccc(COC(=O)c2cc(NC(C)=O)cc(NC(C)=O)c2)c1. The van der Waals surface area contributed by atoms with E-state index >= 15 is 0 Å². The van der Waals surface area contributed by atoms with Crippen LogP contribution in [0, 0.1) is 0 Å². The second-order valence-electron chi connectivity index (χ2n) is 5.59. The van der Waals surface area contributed by atoms with E-state index in [1.807, 2.05) is 6.07 Å². The van der Waals surface area contributed by atoms with Crippen LogP contribution >= 0.6 is 0 Å². The van der Waals surface area contributed by atoms with Gasteiger partial charge in [-0.2, -0.15) is 0 Å². The van der Waals surface area contributed by atoms with Crippen LogP contribution in [-0.2, 0) is 20.9 Å². The van der Waals surface area contributed by atoms with Gasteiger partial charge in [0.15, 0.2) is 0 Å². The fourth-order valence-corrected chi connectivity index (χ4v) is 2.29. The lowest BCUT2D eigenvalue weighted by atomic mass is 10.1. The van der Waals surface area contributed by atoms with Gasteiger partial charge in [-0.15, -0.1) is 0 Å². The molecular weight excluding hydrogens is 336 g/mol. The van der Waals surface area contributed by atoms with Gasteiger partial charge in [-0.3, -0.25) is 9.59 Å². The zero-order valence-corrected chi connectivity index (χ0v) is 14.8. The third-order valence-electron chi connectivity index (χ3n) is 3.31. The lowest BCUT2D eigenvalue weighted by Gasteiger charge is -2.11. The molecule has 0 saturated carbocycles. The summed E-state index contributed by atoms with van der Waals surface area (Å²) in [5, 5.41) is 5.18. The first kappa shape index (κ1) is 19.0. The van der Waals surface area contributed by atoms with Crippen molar-refractivity contribution >= 4 is 29.2 Å². The molecule has 0 aromatic heterocycles. The molecule has 0 bridgehead atoms. The smallest absolute Gasteiger partial charge is 0.338 e. The van der Waals surface area contributed by atoms with Gasteiger partial charge in [0.05, 0.1) is 12.7 Å². The lowest BCUT2D eigenvalue weighted by molar-refractivity contribution is -0.115. The van der Waals surface area contributed by atoms with Gasteiger partial charge in [-0.1, -0.05) is 12.1 Å². The van der Waals surface area contributed by atoms with E-state index in [4.69, 9.17) is 9.47 Å². The first-order chi connectivity index (χ1) is 12.4. The molecular formula is C19H20N2O5. The van der Waals surface area contributed by atoms with Gasteiger partial charge in [0.25, 0.3) is 0 Å². The number of esters is 1. The molecule has 0 fully saturated rings. The molecule has 26 heavy (non-hydrogen) atoms. The highest BCUT2D eigenvalue weighted by molar-refractivity contribution is 5.97. The van der Waals surface area contributed by atoms with Crippen LogP contribution in [0.1, 0.15) is 29.8 Å². The second-order valence-corrected chi connectivity index (χ2v) is 5.59. The molecule has 0 radical (unpaired) electrons. The number of rotatable bonds is 6. The van der Waals surface area contributed by atoms with E-state index in [0.717, 1.165) is 5.56 Å². The van der Waals surface area contributed by atoms with E-state index in [1.54, 1.807) is 31.4 Å². The van der Waals surface area contributed by atoms with Crippen LogP contribution in [0.2, 0.25) is 0 Å². The van der Waals surface area contributed by atoms with Crippen molar-refractivity contribution in [2.24, 2.45) is 0 Å². The van der Waals surface area contributed by atoms with Crippen molar-refractivity contribution in [3.05, 3.63) is 53.6 Å². The molecule has 2 aromatic carbocycles. The quantitative estimate of drug-likeness (QED) is 0.776. The van der Waals surface area contributed by atoms with Crippen LogP contribution in [-0.4, -0.2) is 24.9 Å². The van der Waals surface area contributed by atoms with Crippen molar-refractivity contribution in [2.45, 2.75) is 20.5 Å². The minimum Gasteiger partial charge on any atom is -0.497 e. The Hall–Kier alpha value is -3.35. The minimum atomic E-state index is -0.577. The largest absolute Gasteiger partial charge is 0.497 e. The molecule has 0 aliphatic heterocycles. The Morgan fingerprint density at radius 1 is 0.923 bits per heavy atom. The Bertz CT molecular complexity index is 798. The van der Waals surface area contributed by atoms with E-state index in [9.17, 15) is 14.4 Å². The van der Waals surface area contributed by atoms with Crippen molar-refractivity contribution < 1.29 is 23.9 Å². The number of nitrogens with one attached hydrogen (secondary N) is 2. The molecule has 0 heterocycles. The molecule has 2 N–H and O–H groups in total. The molecule has 2 aromatic rings. The lowest BCUT2D eigenvalue weighted by Crippen LogP contribution is -2.12. The normalized spacial score (nSPS) is 9.96. The van der Waals surface area contributed by atoms with E-state index < -0.39 is 5.97 Å². The molecule has 0 atom stereocenters. The molecule has 7 heteroatoms. The van der Waals surface area contributed by atoms with Crippen LogP contribution in [0.25, 0.3) is 0 Å². The van der Waals surface area contributed by atoms with Crippen molar-refractivity contribution in [3.63, 3.8) is 0 Å². The molecule has 2 rings (SSSR count). The van der Waals surface area contributed by atoms with Gasteiger partial charge >= 0.3 is 5.97 Å². The Kier molecular flexibility index (Phi) is 6.32. The Morgan fingerprint density at radius 2 is 1.54 bits per heavy atom. The molecule has 0 aliphatic carbocycles. The maximum atomic E-state index is 12.4. The molecule has 136 valence electrons. The Morgan fingerprint density at radius 3 is 2.08 bits per heavy atom. The standard InChI is InChI=1S/C19H20N2O5/c1-12(22)20-16-8-15(9-17(10-16)21-13(2)23)19(24)26-11-14-5-4-6-18(7-14)25-3/h4-10H,11H2,1-3H3,(H,20,22)(H,21,23). The molecule has 0 aliphatic rings. The number of ether oxygens (including phenoxy) is 2. The molecule has 0 saturated heterocycles. The number of methoxy groups -OCH3 is 1. The van der Waals surface area contributed by atoms with E-state index in [0.29, 0.717) is 17.1 Å². The number of anilines is 2. The Balaban J connectivity index is 2.17. The third kappa shape index (κ3) is 5.62. The maximum Gasteiger partial charge on any atom is 0.338 e. The van der Waals surface area contributed by atoms with Crippen LogP contribution in [0.3, 0.4) is 0 Å². The molecule has 0 spiro atoms. The number of benzene rings is 2. The van der Waals surface area contributed by atoms with E-state index in [2.05, 4.69) is 10.6 Å². The molecule has 0 unspecified atom stereocenters. The van der Waals surface area contributed by atoms with Crippen molar-refractivity contribution in [2.75, 3.05) is 17.7 Å². The first-order valence-corrected chi connectivity index (χ1v) is 7.87. The maximum absolute atomic E-state index is 12.4. The summed E-state index contributed by atoms with van der Waals surface area (Å²) in [6.07, 6.45) is 0. The van der Waals surface area contributed by atoms with Crippen molar-refractivity contribution in [1.29, 1.82) is 0 Å². The van der Waals surface area contributed by atoms with E-state index in [1.165, 1.54) is 26.0 Å².